The van der Waals surface area contributed by atoms with Crippen LogP contribution in [-0.2, 0) is 21.4 Å². The van der Waals surface area contributed by atoms with Gasteiger partial charge in [-0.1, -0.05) is 29.3 Å². The quantitative estimate of drug-likeness (QED) is 0.730. The van der Waals surface area contributed by atoms with E-state index in [0.717, 1.165) is 38.0 Å². The van der Waals surface area contributed by atoms with Gasteiger partial charge < -0.3 is 4.90 Å². The van der Waals surface area contributed by atoms with E-state index in [2.05, 4.69) is 4.90 Å². The van der Waals surface area contributed by atoms with Crippen molar-refractivity contribution >= 4 is 39.1 Å². The van der Waals surface area contributed by atoms with Gasteiger partial charge in [0.2, 0.25) is 15.9 Å². The van der Waals surface area contributed by atoms with Crippen LogP contribution in [0.5, 0.6) is 0 Å². The van der Waals surface area contributed by atoms with E-state index >= 15 is 0 Å². The predicted octanol–water partition coefficient (Wildman–Crippen LogP) is 2.31. The second kappa shape index (κ2) is 8.66. The number of hydrogen-bond donors (Lipinski definition) is 0. The molecule has 2 saturated heterocycles. The summed E-state index contributed by atoms with van der Waals surface area (Å²) in [4.78, 5) is 17.0. The first-order chi connectivity index (χ1) is 12.7. The molecule has 0 bridgehead atoms. The van der Waals surface area contributed by atoms with Crippen molar-refractivity contribution in [1.82, 2.24) is 14.1 Å². The van der Waals surface area contributed by atoms with E-state index in [9.17, 15) is 13.2 Å². The molecular weight excluding hydrogens is 409 g/mol. The molecule has 150 valence electrons. The number of benzene rings is 1. The molecule has 2 fully saturated rings. The summed E-state index contributed by atoms with van der Waals surface area (Å²) in [6.45, 7) is 4.39. The summed E-state index contributed by atoms with van der Waals surface area (Å²) in [6.07, 6.45) is 2.70. The molecule has 0 aromatic heterocycles. The van der Waals surface area contributed by atoms with E-state index in [1.165, 1.54) is 10.6 Å². The number of carbonyl (C=O) groups excluding carboxylic acids is 1. The van der Waals surface area contributed by atoms with Crippen LogP contribution in [0.4, 0.5) is 0 Å². The van der Waals surface area contributed by atoms with Gasteiger partial charge in [-0.15, -0.1) is 0 Å². The molecule has 0 radical (unpaired) electrons. The monoisotopic (exact) mass is 433 g/mol. The van der Waals surface area contributed by atoms with Crippen LogP contribution in [0.2, 0.25) is 10.0 Å². The minimum Gasteiger partial charge on any atom is -0.340 e. The summed E-state index contributed by atoms with van der Waals surface area (Å²) >= 11 is 12.2. The molecule has 0 N–H and O–H groups in total. The number of rotatable bonds is 4. The summed E-state index contributed by atoms with van der Waals surface area (Å²) in [5.41, 5.74) is 1.02. The Bertz CT molecular complexity index is 795. The Morgan fingerprint density at radius 1 is 1.15 bits per heavy atom. The maximum atomic E-state index is 12.8. The molecule has 1 atom stereocenters. The highest BCUT2D eigenvalue weighted by Gasteiger charge is 2.33. The lowest BCUT2D eigenvalue weighted by molar-refractivity contribution is -0.138. The van der Waals surface area contributed by atoms with Crippen LogP contribution in [0.25, 0.3) is 0 Å². The van der Waals surface area contributed by atoms with Gasteiger partial charge in [0.25, 0.3) is 0 Å². The number of hydrogen-bond acceptors (Lipinski definition) is 4. The largest absolute Gasteiger partial charge is 0.340 e. The van der Waals surface area contributed by atoms with Crippen LogP contribution in [0, 0.1) is 5.92 Å². The van der Waals surface area contributed by atoms with E-state index in [0.29, 0.717) is 36.2 Å². The zero-order valence-corrected chi connectivity index (χ0v) is 17.7. The lowest BCUT2D eigenvalue weighted by Crippen LogP contribution is -2.52. The van der Waals surface area contributed by atoms with Gasteiger partial charge in [0, 0.05) is 55.9 Å². The Hall–Kier alpha value is -0.860. The molecule has 1 amide bonds. The molecule has 2 aliphatic heterocycles. The lowest BCUT2D eigenvalue weighted by Gasteiger charge is -2.38. The van der Waals surface area contributed by atoms with Crippen LogP contribution in [0.1, 0.15) is 18.4 Å². The molecule has 27 heavy (non-hydrogen) atoms. The summed E-state index contributed by atoms with van der Waals surface area (Å²) in [5.74, 6) is -0.154. The topological polar surface area (TPSA) is 60.9 Å². The number of piperidine rings is 1. The van der Waals surface area contributed by atoms with Gasteiger partial charge in [-0.05, 0) is 30.5 Å². The first-order valence-corrected chi connectivity index (χ1v) is 11.7. The molecule has 6 nitrogen and oxygen atoms in total. The molecular formula is C18H25Cl2N3O3S. The molecule has 3 rings (SSSR count). The van der Waals surface area contributed by atoms with Crippen molar-refractivity contribution in [2.45, 2.75) is 19.4 Å². The SMILES string of the molecule is CS(=O)(=O)N1CCCC(C(=O)N2CCN(Cc3ccc(Cl)cc3Cl)CC2)C1. The molecule has 0 saturated carbocycles. The van der Waals surface area contributed by atoms with Gasteiger partial charge >= 0.3 is 0 Å². The first-order valence-electron chi connectivity index (χ1n) is 9.14. The molecule has 1 unspecified atom stereocenters. The molecule has 1 aromatic carbocycles. The van der Waals surface area contributed by atoms with Gasteiger partial charge in [0.05, 0.1) is 12.2 Å². The Balaban J connectivity index is 1.53. The normalized spacial score (nSPS) is 22.8. The van der Waals surface area contributed by atoms with Gasteiger partial charge in [-0.3, -0.25) is 9.69 Å². The van der Waals surface area contributed by atoms with Crippen molar-refractivity contribution in [2.24, 2.45) is 5.92 Å². The van der Waals surface area contributed by atoms with Gasteiger partial charge in [0.1, 0.15) is 0 Å². The summed E-state index contributed by atoms with van der Waals surface area (Å²) in [6, 6.07) is 5.51. The Labute approximate surface area is 171 Å². The van der Waals surface area contributed by atoms with Crippen molar-refractivity contribution in [3.63, 3.8) is 0 Å². The summed E-state index contributed by atoms with van der Waals surface area (Å²) < 4.78 is 25.0. The summed E-state index contributed by atoms with van der Waals surface area (Å²) in [7, 11) is -3.24. The molecule has 2 aliphatic rings. The molecule has 2 heterocycles. The average molecular weight is 434 g/mol. The highest BCUT2D eigenvalue weighted by Crippen LogP contribution is 2.24. The Morgan fingerprint density at radius 3 is 2.48 bits per heavy atom. The van der Waals surface area contributed by atoms with Gasteiger partial charge in [-0.2, -0.15) is 0 Å². The minimum atomic E-state index is -3.24. The van der Waals surface area contributed by atoms with Crippen molar-refractivity contribution in [1.29, 1.82) is 0 Å². The van der Waals surface area contributed by atoms with Crippen molar-refractivity contribution < 1.29 is 13.2 Å². The second-order valence-corrected chi connectivity index (χ2v) is 10.1. The van der Waals surface area contributed by atoms with Crippen LogP contribution in [0.15, 0.2) is 18.2 Å². The number of carbonyl (C=O) groups is 1. The zero-order chi connectivity index (χ0) is 19.6. The highest BCUT2D eigenvalue weighted by molar-refractivity contribution is 7.88. The number of nitrogens with zero attached hydrogens (tertiary/aromatic N) is 3. The first kappa shape index (κ1) is 20.9. The fourth-order valence-electron chi connectivity index (χ4n) is 3.72. The van der Waals surface area contributed by atoms with Crippen molar-refractivity contribution in [2.75, 3.05) is 45.5 Å². The maximum absolute atomic E-state index is 12.8. The van der Waals surface area contributed by atoms with Gasteiger partial charge in [0.15, 0.2) is 0 Å². The van der Waals surface area contributed by atoms with E-state index in [1.807, 2.05) is 17.0 Å². The minimum absolute atomic E-state index is 0.0764. The third kappa shape index (κ3) is 5.35. The second-order valence-electron chi connectivity index (χ2n) is 7.30. The molecule has 9 heteroatoms. The number of halogens is 2. The fourth-order valence-corrected chi connectivity index (χ4v) is 5.10. The predicted molar refractivity (Wildman–Crippen MR) is 107 cm³/mol. The highest BCUT2D eigenvalue weighted by atomic mass is 35.5. The van der Waals surface area contributed by atoms with Gasteiger partial charge in [-0.25, -0.2) is 12.7 Å². The van der Waals surface area contributed by atoms with E-state index in [1.54, 1.807) is 6.07 Å². The molecule has 1 aromatic rings. The maximum Gasteiger partial charge on any atom is 0.227 e. The number of amides is 1. The van der Waals surface area contributed by atoms with E-state index in [-0.39, 0.29) is 11.8 Å². The van der Waals surface area contributed by atoms with E-state index in [4.69, 9.17) is 23.2 Å². The standard InChI is InChI=1S/C18H25Cl2N3O3S/c1-27(25,26)23-6-2-3-15(13-23)18(24)22-9-7-21(8-10-22)12-14-4-5-16(19)11-17(14)20/h4-5,11,15H,2-3,6-10,12-13H2,1H3. The molecule has 0 aliphatic carbocycles. The third-order valence-electron chi connectivity index (χ3n) is 5.30. The third-order valence-corrected chi connectivity index (χ3v) is 7.15. The van der Waals surface area contributed by atoms with Crippen LogP contribution in [-0.4, -0.2) is 74.0 Å². The van der Waals surface area contributed by atoms with Crippen LogP contribution in [0.3, 0.4) is 0 Å². The number of sulfonamides is 1. The zero-order valence-electron chi connectivity index (χ0n) is 15.4. The van der Waals surface area contributed by atoms with Crippen molar-refractivity contribution in [3.8, 4) is 0 Å². The summed E-state index contributed by atoms with van der Waals surface area (Å²) in [5, 5.41) is 1.28. The Morgan fingerprint density at radius 2 is 1.85 bits per heavy atom. The fraction of sp³-hybridized carbons (Fsp3) is 0.611. The van der Waals surface area contributed by atoms with Crippen LogP contribution < -0.4 is 0 Å². The lowest BCUT2D eigenvalue weighted by atomic mass is 9.97. The Kier molecular flexibility index (Phi) is 6.69. The van der Waals surface area contributed by atoms with E-state index < -0.39 is 10.0 Å². The average Bonchev–Trinajstić information content (AvgIpc) is 2.63. The van der Waals surface area contributed by atoms with Crippen molar-refractivity contribution in [3.05, 3.63) is 33.8 Å². The number of piperazine rings is 1. The smallest absolute Gasteiger partial charge is 0.227 e. The molecule has 0 spiro atoms. The van der Waals surface area contributed by atoms with Crippen LogP contribution >= 0.6 is 23.2 Å².